The molecule has 7 heteroatoms. The van der Waals surface area contributed by atoms with Crippen molar-refractivity contribution in [3.8, 4) is 0 Å². The monoisotopic (exact) mass is 409 g/mol. The van der Waals surface area contributed by atoms with Crippen molar-refractivity contribution in [2.24, 2.45) is 5.41 Å². The molecule has 2 aromatic heterocycles. The highest BCUT2D eigenvalue weighted by Gasteiger charge is 2.34. The molecule has 0 amide bonds. The largest absolute Gasteiger partial charge is 0.329 e. The summed E-state index contributed by atoms with van der Waals surface area (Å²) in [6.07, 6.45) is 5.86. The number of benzene rings is 2. The number of rotatable bonds is 3. The summed E-state index contributed by atoms with van der Waals surface area (Å²) < 4.78 is 29.2. The summed E-state index contributed by atoms with van der Waals surface area (Å²) >= 11 is 0. The quantitative estimate of drug-likeness (QED) is 0.427. The fraction of sp³-hybridized carbons (Fsp3) is 0.348. The molecule has 0 aliphatic heterocycles. The molecule has 2 heterocycles. The van der Waals surface area contributed by atoms with Gasteiger partial charge in [-0.2, -0.15) is 4.98 Å². The maximum atomic E-state index is 13.8. The molecule has 0 N–H and O–H groups in total. The van der Waals surface area contributed by atoms with Gasteiger partial charge in [-0.3, -0.25) is 4.40 Å². The fourth-order valence-corrected chi connectivity index (χ4v) is 3.38. The van der Waals surface area contributed by atoms with E-state index in [2.05, 4.69) is 29.0 Å². The van der Waals surface area contributed by atoms with E-state index < -0.39 is 0 Å². The Hall–Kier alpha value is -3.09. The molecule has 30 heavy (non-hydrogen) atoms. The van der Waals surface area contributed by atoms with Crippen LogP contribution in [-0.4, -0.2) is 26.6 Å². The van der Waals surface area contributed by atoms with Gasteiger partial charge in [0.1, 0.15) is 23.8 Å². The summed E-state index contributed by atoms with van der Waals surface area (Å²) in [4.78, 5) is 6.18. The minimum atomic E-state index is -0.373. The predicted octanol–water partition coefficient (Wildman–Crippen LogP) is 5.83. The lowest BCUT2D eigenvalue weighted by atomic mass is 10.1. The average molecular weight is 409 g/mol. The van der Waals surface area contributed by atoms with Gasteiger partial charge in [0.2, 0.25) is 0 Å². The second-order valence-corrected chi connectivity index (χ2v) is 8.31. The van der Waals surface area contributed by atoms with Crippen LogP contribution in [0, 0.1) is 24.0 Å². The van der Waals surface area contributed by atoms with Crippen LogP contribution in [-0.2, 0) is 0 Å². The number of aryl methyl sites for hydroxylation is 1. The lowest BCUT2D eigenvalue weighted by Crippen LogP contribution is -2.13. The van der Waals surface area contributed by atoms with Crippen molar-refractivity contribution in [2.45, 2.75) is 40.0 Å². The Bertz CT molecular complexity index is 1190. The van der Waals surface area contributed by atoms with Gasteiger partial charge >= 0.3 is 0 Å². The number of nitrogens with zero attached hydrogens (tertiary/aromatic N) is 5. The van der Waals surface area contributed by atoms with E-state index >= 15 is 0 Å². The van der Waals surface area contributed by atoms with Crippen molar-refractivity contribution in [3.05, 3.63) is 59.9 Å². The molecule has 5 nitrogen and oxygen atoms in total. The van der Waals surface area contributed by atoms with Gasteiger partial charge in [-0.05, 0) is 67.1 Å². The van der Waals surface area contributed by atoms with E-state index in [0.29, 0.717) is 22.7 Å². The normalized spacial score (nSPS) is 14.5. The van der Waals surface area contributed by atoms with Crippen LogP contribution in [0.3, 0.4) is 0 Å². The van der Waals surface area contributed by atoms with Crippen molar-refractivity contribution in [2.75, 3.05) is 11.9 Å². The second-order valence-electron chi connectivity index (χ2n) is 8.31. The number of halogens is 2. The van der Waals surface area contributed by atoms with E-state index in [-0.39, 0.29) is 11.6 Å². The van der Waals surface area contributed by atoms with E-state index in [1.807, 2.05) is 13.0 Å². The zero-order valence-electron chi connectivity index (χ0n) is 17.7. The van der Waals surface area contributed by atoms with Crippen molar-refractivity contribution < 1.29 is 8.78 Å². The first-order valence-corrected chi connectivity index (χ1v) is 10.1. The van der Waals surface area contributed by atoms with Crippen LogP contribution < -0.4 is 4.90 Å². The molecule has 1 aliphatic rings. The summed E-state index contributed by atoms with van der Waals surface area (Å²) in [5.41, 5.74) is 2.92. The van der Waals surface area contributed by atoms with E-state index in [9.17, 15) is 8.78 Å². The Kier molecular flexibility index (Phi) is 5.13. The minimum Gasteiger partial charge on any atom is -0.329 e. The first-order valence-electron chi connectivity index (χ1n) is 10.1. The number of aromatic nitrogens is 4. The highest BCUT2D eigenvalue weighted by molar-refractivity contribution is 5.93. The Balaban J connectivity index is 0.000000313. The molecule has 5 rings (SSSR count). The zero-order chi connectivity index (χ0) is 21.5. The smallest absolute Gasteiger partial charge is 0.257 e. The average Bonchev–Trinajstić information content (AvgIpc) is 3.27. The predicted molar refractivity (Wildman–Crippen MR) is 115 cm³/mol. The number of fused-ring (bicyclic) bond motifs is 3. The third kappa shape index (κ3) is 3.97. The van der Waals surface area contributed by atoms with E-state index in [0.717, 1.165) is 16.5 Å². The lowest BCUT2D eigenvalue weighted by Gasteiger charge is -2.21. The fourth-order valence-electron chi connectivity index (χ4n) is 3.38. The van der Waals surface area contributed by atoms with Gasteiger partial charge in [0.05, 0.1) is 5.52 Å². The molecule has 0 saturated heterocycles. The highest BCUT2D eigenvalue weighted by atomic mass is 19.1. The molecule has 156 valence electrons. The second kappa shape index (κ2) is 7.63. The molecule has 2 aromatic carbocycles. The van der Waals surface area contributed by atoms with Crippen LogP contribution in [0.25, 0.3) is 16.7 Å². The number of hydrogen-bond donors (Lipinski definition) is 0. The van der Waals surface area contributed by atoms with Gasteiger partial charge in [0.15, 0.2) is 0 Å². The van der Waals surface area contributed by atoms with Crippen LogP contribution in [0.5, 0.6) is 0 Å². The summed E-state index contributed by atoms with van der Waals surface area (Å²) in [7, 11) is 1.76. The first kappa shape index (κ1) is 20.2. The van der Waals surface area contributed by atoms with Gasteiger partial charge in [-0.25, -0.2) is 8.78 Å². The number of anilines is 2. The molecule has 0 radical (unpaired) electrons. The number of hydrogen-bond acceptors (Lipinski definition) is 4. The third-order valence-electron chi connectivity index (χ3n) is 5.88. The minimum absolute atomic E-state index is 0.337. The highest BCUT2D eigenvalue weighted by Crippen LogP contribution is 2.47. The van der Waals surface area contributed by atoms with Crippen LogP contribution in [0.4, 0.5) is 20.3 Å². The van der Waals surface area contributed by atoms with Crippen molar-refractivity contribution in [3.63, 3.8) is 0 Å². The third-order valence-corrected chi connectivity index (χ3v) is 5.88. The van der Waals surface area contributed by atoms with Crippen molar-refractivity contribution >= 4 is 28.2 Å². The molecule has 1 aliphatic carbocycles. The van der Waals surface area contributed by atoms with Crippen molar-refractivity contribution in [1.82, 2.24) is 19.6 Å². The maximum absolute atomic E-state index is 13.8. The van der Waals surface area contributed by atoms with Crippen molar-refractivity contribution in [1.29, 1.82) is 0 Å². The van der Waals surface area contributed by atoms with Gasteiger partial charge < -0.3 is 4.90 Å². The summed E-state index contributed by atoms with van der Waals surface area (Å²) in [5, 5.41) is 8.41. The van der Waals surface area contributed by atoms with Crippen LogP contribution in [0.15, 0.2) is 42.7 Å². The molecule has 1 fully saturated rings. The van der Waals surface area contributed by atoms with Crippen LogP contribution >= 0.6 is 0 Å². The van der Waals surface area contributed by atoms with E-state index in [4.69, 9.17) is 0 Å². The molecule has 0 bridgehead atoms. The van der Waals surface area contributed by atoms with Gasteiger partial charge in [-0.15, -0.1) is 10.2 Å². The topological polar surface area (TPSA) is 46.3 Å². The summed E-state index contributed by atoms with van der Waals surface area (Å²) in [6, 6.07) is 9.12. The molecule has 1 saturated carbocycles. The van der Waals surface area contributed by atoms with Gasteiger partial charge in [0, 0.05) is 18.1 Å². The molecule has 4 aromatic rings. The van der Waals surface area contributed by atoms with E-state index in [1.54, 1.807) is 22.4 Å². The first-order chi connectivity index (χ1) is 14.3. The molecule has 0 spiro atoms. The Labute approximate surface area is 174 Å². The summed E-state index contributed by atoms with van der Waals surface area (Å²) in [5.74, 6) is 0.164. The lowest BCUT2D eigenvalue weighted by molar-refractivity contribution is 0.551. The Morgan fingerprint density at radius 1 is 1.10 bits per heavy atom. The Morgan fingerprint density at radius 2 is 1.87 bits per heavy atom. The standard InChI is InChI=1S/C17H13F2N5.C6H12/c1-10-5-12(19)7-13(6-10)23(2)16-14-8-11(18)3-4-15(14)24-9-20-22-17(24)21-16;1-3-6(2)4-5-6/h3-9H,1-2H3;3-5H2,1-2H3. The molecule has 0 atom stereocenters. The maximum Gasteiger partial charge on any atom is 0.257 e. The van der Waals surface area contributed by atoms with Gasteiger partial charge in [-0.1, -0.05) is 20.3 Å². The van der Waals surface area contributed by atoms with E-state index in [1.165, 1.54) is 49.9 Å². The summed E-state index contributed by atoms with van der Waals surface area (Å²) in [6.45, 7) is 6.44. The molecular formula is C23H25F2N5. The Morgan fingerprint density at radius 3 is 2.50 bits per heavy atom. The van der Waals surface area contributed by atoms with Crippen LogP contribution in [0.1, 0.15) is 38.7 Å². The zero-order valence-corrected chi connectivity index (χ0v) is 17.7. The molecule has 0 unspecified atom stereocenters. The van der Waals surface area contributed by atoms with Gasteiger partial charge in [0.25, 0.3) is 5.78 Å². The van der Waals surface area contributed by atoms with Crippen LogP contribution in [0.2, 0.25) is 0 Å². The SMILES string of the molecule is CCC1(C)CC1.Cc1cc(F)cc(N(C)c2nc3nncn3c3ccc(F)cc23)c1. The molecular weight excluding hydrogens is 384 g/mol.